The molecule has 0 bridgehead atoms. The zero-order valence-electron chi connectivity index (χ0n) is 16.2. The van der Waals surface area contributed by atoms with Crippen molar-refractivity contribution >= 4 is 28.1 Å². The van der Waals surface area contributed by atoms with Crippen LogP contribution in [0.2, 0.25) is 5.02 Å². The van der Waals surface area contributed by atoms with Gasteiger partial charge in [-0.1, -0.05) is 54.1 Å². The number of aromatic amines is 1. The summed E-state index contributed by atoms with van der Waals surface area (Å²) in [6, 6.07) is 15.8. The zero-order chi connectivity index (χ0) is 20.2. The first-order chi connectivity index (χ1) is 14.1. The summed E-state index contributed by atoms with van der Waals surface area (Å²) in [6.07, 6.45) is 5.23. The molecule has 0 spiro atoms. The van der Waals surface area contributed by atoms with Gasteiger partial charge in [0.25, 0.3) is 5.56 Å². The average molecular weight is 410 g/mol. The Morgan fingerprint density at radius 1 is 0.966 bits per heavy atom. The quantitative estimate of drug-likeness (QED) is 0.628. The fourth-order valence-corrected chi connectivity index (χ4v) is 4.21. The minimum absolute atomic E-state index is 0.367. The Kier molecular flexibility index (Phi) is 5.97. The summed E-state index contributed by atoms with van der Waals surface area (Å²) in [6.45, 7) is 3.57. The number of benzene rings is 2. The first kappa shape index (κ1) is 19.7. The lowest BCUT2D eigenvalue weighted by Gasteiger charge is -2.26. The van der Waals surface area contributed by atoms with Crippen molar-refractivity contribution in [2.75, 3.05) is 19.6 Å². The third kappa shape index (κ3) is 4.36. The summed E-state index contributed by atoms with van der Waals surface area (Å²) in [5.74, 6) is 0. The summed E-state index contributed by atoms with van der Waals surface area (Å²) >= 11 is 6.16. The molecule has 3 aromatic rings. The molecule has 1 N–H and O–H groups in total. The van der Waals surface area contributed by atoms with Crippen molar-refractivity contribution in [3.8, 4) is 0 Å². The van der Waals surface area contributed by atoms with Crippen LogP contribution in [0.25, 0.3) is 16.5 Å². The van der Waals surface area contributed by atoms with Crippen LogP contribution in [0.5, 0.6) is 0 Å². The van der Waals surface area contributed by atoms with Crippen molar-refractivity contribution in [2.45, 2.75) is 25.8 Å². The summed E-state index contributed by atoms with van der Waals surface area (Å²) in [4.78, 5) is 29.2. The van der Waals surface area contributed by atoms with E-state index in [0.29, 0.717) is 22.5 Å². The predicted octanol–water partition coefficient (Wildman–Crippen LogP) is 3.91. The Morgan fingerprint density at radius 2 is 1.76 bits per heavy atom. The molecule has 0 saturated carbocycles. The molecule has 0 amide bonds. The Bertz CT molecular complexity index is 1150. The monoisotopic (exact) mass is 409 g/mol. The van der Waals surface area contributed by atoms with E-state index in [1.807, 2.05) is 6.07 Å². The minimum Gasteiger partial charge on any atom is -0.299 e. The normalized spacial score (nSPS) is 14.9. The summed E-state index contributed by atoms with van der Waals surface area (Å²) < 4.78 is 1.62. The lowest BCUT2D eigenvalue weighted by molar-refractivity contribution is 0.292. The van der Waals surface area contributed by atoms with Crippen LogP contribution in [0, 0.1) is 0 Å². The predicted molar refractivity (Wildman–Crippen MR) is 119 cm³/mol. The topological polar surface area (TPSA) is 58.1 Å². The number of hydrogen-bond donors (Lipinski definition) is 1. The van der Waals surface area contributed by atoms with E-state index < -0.39 is 5.56 Å². The van der Waals surface area contributed by atoms with E-state index >= 15 is 0 Å². The number of hydrogen-bond acceptors (Lipinski definition) is 3. The van der Waals surface area contributed by atoms with Crippen molar-refractivity contribution in [1.29, 1.82) is 0 Å². The van der Waals surface area contributed by atoms with E-state index in [1.165, 1.54) is 11.1 Å². The van der Waals surface area contributed by atoms with Crippen LogP contribution in [0.15, 0.2) is 64.2 Å². The van der Waals surface area contributed by atoms with Crippen LogP contribution in [-0.4, -0.2) is 34.1 Å². The van der Waals surface area contributed by atoms with Gasteiger partial charge in [0.1, 0.15) is 0 Å². The maximum atomic E-state index is 12.3. The Morgan fingerprint density at radius 3 is 2.52 bits per heavy atom. The highest BCUT2D eigenvalue weighted by Crippen LogP contribution is 2.22. The van der Waals surface area contributed by atoms with E-state index in [4.69, 9.17) is 11.6 Å². The molecule has 4 rings (SSSR count). The zero-order valence-corrected chi connectivity index (χ0v) is 17.0. The van der Waals surface area contributed by atoms with Crippen molar-refractivity contribution in [1.82, 2.24) is 14.5 Å². The number of rotatable bonds is 6. The Hall–Kier alpha value is -2.63. The molecule has 0 saturated heterocycles. The molecular formula is C23H24ClN3O2. The number of halogens is 1. The first-order valence-electron chi connectivity index (χ1n) is 10.0. The minimum atomic E-state index is -0.429. The molecule has 0 aliphatic carbocycles. The number of fused-ring (bicyclic) bond motifs is 1. The number of aromatic nitrogens is 2. The fourth-order valence-electron chi connectivity index (χ4n) is 3.96. The molecule has 0 atom stereocenters. The number of nitrogens with zero attached hydrogens (tertiary/aromatic N) is 2. The van der Waals surface area contributed by atoms with Gasteiger partial charge in [0.15, 0.2) is 0 Å². The van der Waals surface area contributed by atoms with Gasteiger partial charge in [-0.25, -0.2) is 4.79 Å². The summed E-state index contributed by atoms with van der Waals surface area (Å²) in [5, 5.41) is 0.746. The first-order valence-corrected chi connectivity index (χ1v) is 10.4. The maximum Gasteiger partial charge on any atom is 0.328 e. The second kappa shape index (κ2) is 8.80. The molecule has 0 radical (unpaired) electrons. The van der Waals surface area contributed by atoms with Crippen LogP contribution in [-0.2, 0) is 6.54 Å². The van der Waals surface area contributed by atoms with E-state index in [9.17, 15) is 9.59 Å². The van der Waals surface area contributed by atoms with Crippen LogP contribution >= 0.6 is 11.6 Å². The van der Waals surface area contributed by atoms with E-state index in [1.54, 1.807) is 22.8 Å². The number of nitrogens with one attached hydrogen (secondary N) is 1. The molecule has 6 heteroatoms. The van der Waals surface area contributed by atoms with Gasteiger partial charge in [0.2, 0.25) is 0 Å². The molecular weight excluding hydrogens is 386 g/mol. The van der Waals surface area contributed by atoms with Crippen molar-refractivity contribution in [2.24, 2.45) is 0 Å². The number of aryl methyl sites for hydroxylation is 1. The second-order valence-corrected chi connectivity index (χ2v) is 7.81. The number of unbranched alkanes of at least 4 members (excludes halogenated alkanes) is 1. The highest BCUT2D eigenvalue weighted by molar-refractivity contribution is 6.35. The van der Waals surface area contributed by atoms with Gasteiger partial charge in [-0.2, -0.15) is 0 Å². The molecule has 0 unspecified atom stereocenters. The van der Waals surface area contributed by atoms with Gasteiger partial charge >= 0.3 is 5.69 Å². The van der Waals surface area contributed by atoms with Gasteiger partial charge < -0.3 is 0 Å². The average Bonchev–Trinajstić information content (AvgIpc) is 2.74. The Balaban J connectivity index is 1.35. The van der Waals surface area contributed by atoms with Crippen LogP contribution in [0.3, 0.4) is 0 Å². The number of H-pyrrole nitrogens is 1. The standard InChI is InChI=1S/C23H24ClN3O2/c24-19-9-6-10-20-21(19)22(28)25-23(29)27(20)14-5-4-13-26-15-11-18(12-16-26)17-7-2-1-3-8-17/h1-3,6-11H,4-5,12-16H2,(H,25,28,29). The molecule has 2 aromatic carbocycles. The molecule has 1 aliphatic rings. The van der Waals surface area contributed by atoms with Gasteiger partial charge in [-0.3, -0.25) is 19.2 Å². The summed E-state index contributed by atoms with van der Waals surface area (Å²) in [5.41, 5.74) is 2.53. The van der Waals surface area contributed by atoms with Crippen molar-refractivity contribution in [3.63, 3.8) is 0 Å². The van der Waals surface area contributed by atoms with Crippen LogP contribution < -0.4 is 11.2 Å². The molecule has 2 heterocycles. The van der Waals surface area contributed by atoms with Crippen molar-refractivity contribution < 1.29 is 0 Å². The highest BCUT2D eigenvalue weighted by atomic mass is 35.5. The molecule has 1 aliphatic heterocycles. The van der Waals surface area contributed by atoms with Gasteiger partial charge in [-0.15, -0.1) is 0 Å². The lowest BCUT2D eigenvalue weighted by atomic mass is 9.99. The third-order valence-electron chi connectivity index (χ3n) is 5.52. The molecule has 5 nitrogen and oxygen atoms in total. The smallest absolute Gasteiger partial charge is 0.299 e. The van der Waals surface area contributed by atoms with E-state index in [-0.39, 0.29) is 5.69 Å². The van der Waals surface area contributed by atoms with Crippen molar-refractivity contribution in [3.05, 3.63) is 86.0 Å². The SMILES string of the molecule is O=c1[nH]c(=O)n(CCCCN2CC=C(c3ccccc3)CC2)c2cccc(Cl)c12. The van der Waals surface area contributed by atoms with Gasteiger partial charge in [-0.05, 0) is 49.1 Å². The molecule has 150 valence electrons. The summed E-state index contributed by atoms with van der Waals surface area (Å²) in [7, 11) is 0. The van der Waals surface area contributed by atoms with Crippen LogP contribution in [0.1, 0.15) is 24.8 Å². The molecule has 0 fully saturated rings. The maximum absolute atomic E-state index is 12.3. The Labute approximate surface area is 174 Å². The third-order valence-corrected chi connectivity index (χ3v) is 5.83. The molecule has 1 aromatic heterocycles. The highest BCUT2D eigenvalue weighted by Gasteiger charge is 2.13. The van der Waals surface area contributed by atoms with E-state index in [2.05, 4.69) is 40.2 Å². The van der Waals surface area contributed by atoms with E-state index in [0.717, 1.165) is 38.9 Å². The van der Waals surface area contributed by atoms with Crippen LogP contribution in [0.4, 0.5) is 0 Å². The molecule has 29 heavy (non-hydrogen) atoms. The van der Waals surface area contributed by atoms with Gasteiger partial charge in [0.05, 0.1) is 15.9 Å². The lowest BCUT2D eigenvalue weighted by Crippen LogP contribution is -2.31. The van der Waals surface area contributed by atoms with Gasteiger partial charge in [0, 0.05) is 19.6 Å². The largest absolute Gasteiger partial charge is 0.328 e. The second-order valence-electron chi connectivity index (χ2n) is 7.40. The fraction of sp³-hybridized carbons (Fsp3) is 0.304.